The maximum atomic E-state index is 13.2. The summed E-state index contributed by atoms with van der Waals surface area (Å²) in [5.41, 5.74) is 6.46. The smallest absolute Gasteiger partial charge is 0.125 e. The van der Waals surface area contributed by atoms with Gasteiger partial charge in [0.15, 0.2) is 0 Å². The number of benzene rings is 1. The van der Waals surface area contributed by atoms with Crippen LogP contribution in [0.25, 0.3) is 0 Å². The molecule has 0 saturated heterocycles. The van der Waals surface area contributed by atoms with Gasteiger partial charge < -0.3 is 11.1 Å². The number of hydrogen-bond acceptors (Lipinski definition) is 2. The number of halogens is 2. The van der Waals surface area contributed by atoms with Crippen LogP contribution in [0.15, 0.2) is 30.4 Å². The van der Waals surface area contributed by atoms with Gasteiger partial charge in [0.2, 0.25) is 0 Å². The van der Waals surface area contributed by atoms with Crippen LogP contribution < -0.4 is 11.1 Å². The van der Waals surface area contributed by atoms with Crippen molar-refractivity contribution in [3.63, 3.8) is 0 Å². The highest BCUT2D eigenvalue weighted by atomic mass is 35.5. The van der Waals surface area contributed by atoms with Crippen molar-refractivity contribution in [3.8, 4) is 0 Å². The Hall–Kier alpha value is -0.900. The summed E-state index contributed by atoms with van der Waals surface area (Å²) < 4.78 is 13.2. The van der Waals surface area contributed by atoms with Crippen LogP contribution in [-0.4, -0.2) is 13.1 Å². The molecule has 1 rings (SSSR count). The van der Waals surface area contributed by atoms with E-state index < -0.39 is 0 Å². The van der Waals surface area contributed by atoms with Crippen molar-refractivity contribution in [2.75, 3.05) is 13.1 Å². The van der Waals surface area contributed by atoms with E-state index >= 15 is 0 Å². The molecule has 3 N–H and O–H groups in total. The summed E-state index contributed by atoms with van der Waals surface area (Å²) in [5, 5.41) is 3.67. The number of allylic oxidation sites excluding steroid dienone is 1. The molecule has 2 nitrogen and oxygen atoms in total. The van der Waals surface area contributed by atoms with Gasteiger partial charge in [0.05, 0.1) is 0 Å². The van der Waals surface area contributed by atoms with E-state index in [9.17, 15) is 4.39 Å². The summed E-state index contributed by atoms with van der Waals surface area (Å²) in [6.07, 6.45) is 4.99. The number of nitrogens with two attached hydrogens (primary N) is 1. The maximum Gasteiger partial charge on any atom is 0.125 e. The third kappa shape index (κ3) is 4.86. The van der Waals surface area contributed by atoms with E-state index in [1.807, 2.05) is 13.0 Å². The molecule has 0 aliphatic rings. The van der Waals surface area contributed by atoms with Crippen LogP contribution in [0.4, 0.5) is 4.39 Å². The zero-order valence-corrected chi connectivity index (χ0v) is 10.7. The van der Waals surface area contributed by atoms with Gasteiger partial charge in [0.1, 0.15) is 5.82 Å². The van der Waals surface area contributed by atoms with E-state index in [2.05, 4.69) is 11.4 Å². The van der Waals surface area contributed by atoms with Gasteiger partial charge in [0, 0.05) is 17.6 Å². The molecule has 0 aromatic heterocycles. The lowest BCUT2D eigenvalue weighted by Crippen LogP contribution is -2.28. The van der Waals surface area contributed by atoms with Gasteiger partial charge in [-0.1, -0.05) is 23.8 Å². The van der Waals surface area contributed by atoms with Crippen LogP contribution >= 0.6 is 11.6 Å². The molecule has 0 radical (unpaired) electrons. The molecule has 17 heavy (non-hydrogen) atoms. The Morgan fingerprint density at radius 1 is 1.47 bits per heavy atom. The summed E-state index contributed by atoms with van der Waals surface area (Å²) in [4.78, 5) is 0. The highest BCUT2D eigenvalue weighted by Crippen LogP contribution is 2.19. The van der Waals surface area contributed by atoms with E-state index in [1.54, 1.807) is 6.07 Å². The molecule has 4 heteroatoms. The molecule has 94 valence electrons. The Morgan fingerprint density at radius 3 is 2.82 bits per heavy atom. The summed E-state index contributed by atoms with van der Waals surface area (Å²) in [6, 6.07) is 4.43. The van der Waals surface area contributed by atoms with Crippen molar-refractivity contribution >= 4 is 11.6 Å². The van der Waals surface area contributed by atoms with E-state index in [-0.39, 0.29) is 11.9 Å². The molecule has 1 atom stereocenters. The summed E-state index contributed by atoms with van der Waals surface area (Å²) in [6.45, 7) is 3.20. The van der Waals surface area contributed by atoms with Crippen LogP contribution in [-0.2, 0) is 0 Å². The van der Waals surface area contributed by atoms with Gasteiger partial charge in [-0.3, -0.25) is 0 Å². The minimum absolute atomic E-state index is 0.0616. The molecule has 1 aromatic carbocycles. The first-order valence-electron chi connectivity index (χ1n) is 5.68. The SMILES string of the molecule is C/C=C/CCNC(CN)c1cc(F)cc(Cl)c1. The second-order valence-corrected chi connectivity index (χ2v) is 4.24. The van der Waals surface area contributed by atoms with Gasteiger partial charge in [-0.25, -0.2) is 4.39 Å². The third-order valence-corrected chi connectivity index (χ3v) is 2.68. The molecular weight excluding hydrogens is 239 g/mol. The molecular formula is C13H18ClFN2. The van der Waals surface area contributed by atoms with Crippen molar-refractivity contribution in [1.29, 1.82) is 0 Å². The molecule has 0 fully saturated rings. The van der Waals surface area contributed by atoms with Crippen molar-refractivity contribution < 1.29 is 4.39 Å². The highest BCUT2D eigenvalue weighted by molar-refractivity contribution is 6.30. The highest BCUT2D eigenvalue weighted by Gasteiger charge is 2.10. The molecule has 0 heterocycles. The first kappa shape index (κ1) is 14.2. The normalized spacial score (nSPS) is 13.2. The molecule has 0 saturated carbocycles. The Balaban J connectivity index is 2.65. The fourth-order valence-electron chi connectivity index (χ4n) is 1.62. The Morgan fingerprint density at radius 2 is 2.24 bits per heavy atom. The van der Waals surface area contributed by atoms with E-state index in [1.165, 1.54) is 12.1 Å². The summed E-state index contributed by atoms with van der Waals surface area (Å²) >= 11 is 5.82. The van der Waals surface area contributed by atoms with Gasteiger partial charge in [-0.15, -0.1) is 0 Å². The second kappa shape index (κ2) is 7.43. The Bertz CT molecular complexity index is 359. The quantitative estimate of drug-likeness (QED) is 0.607. The fourth-order valence-corrected chi connectivity index (χ4v) is 1.85. The molecule has 1 aromatic rings. The molecule has 0 bridgehead atoms. The molecule has 0 aliphatic heterocycles. The predicted molar refractivity (Wildman–Crippen MR) is 70.6 cm³/mol. The largest absolute Gasteiger partial charge is 0.329 e. The zero-order valence-electron chi connectivity index (χ0n) is 9.92. The lowest BCUT2D eigenvalue weighted by atomic mass is 10.1. The molecule has 1 unspecified atom stereocenters. The number of rotatable bonds is 6. The first-order chi connectivity index (χ1) is 8.17. The second-order valence-electron chi connectivity index (χ2n) is 3.80. The summed E-state index contributed by atoms with van der Waals surface area (Å²) in [5.74, 6) is -0.332. The van der Waals surface area contributed by atoms with E-state index in [0.29, 0.717) is 11.6 Å². The average Bonchev–Trinajstić information content (AvgIpc) is 2.28. The van der Waals surface area contributed by atoms with Crippen molar-refractivity contribution in [2.24, 2.45) is 5.73 Å². The van der Waals surface area contributed by atoms with E-state index in [0.717, 1.165) is 18.5 Å². The van der Waals surface area contributed by atoms with Crippen LogP contribution in [0.2, 0.25) is 5.02 Å². The lowest BCUT2D eigenvalue weighted by Gasteiger charge is -2.17. The lowest BCUT2D eigenvalue weighted by molar-refractivity contribution is 0.542. The zero-order chi connectivity index (χ0) is 12.7. The monoisotopic (exact) mass is 256 g/mol. The number of hydrogen-bond donors (Lipinski definition) is 2. The van der Waals surface area contributed by atoms with E-state index in [4.69, 9.17) is 17.3 Å². The number of nitrogens with one attached hydrogen (secondary N) is 1. The maximum absolute atomic E-state index is 13.2. The van der Waals surface area contributed by atoms with Crippen LogP contribution in [0.3, 0.4) is 0 Å². The topological polar surface area (TPSA) is 38.0 Å². The van der Waals surface area contributed by atoms with Gasteiger partial charge in [0.25, 0.3) is 0 Å². The van der Waals surface area contributed by atoms with Gasteiger partial charge >= 0.3 is 0 Å². The first-order valence-corrected chi connectivity index (χ1v) is 6.05. The third-order valence-electron chi connectivity index (χ3n) is 2.46. The van der Waals surface area contributed by atoms with Gasteiger partial charge in [-0.05, 0) is 43.7 Å². The van der Waals surface area contributed by atoms with Crippen LogP contribution in [0.5, 0.6) is 0 Å². The van der Waals surface area contributed by atoms with Crippen molar-refractivity contribution in [2.45, 2.75) is 19.4 Å². The van der Waals surface area contributed by atoms with Crippen LogP contribution in [0.1, 0.15) is 24.9 Å². The average molecular weight is 257 g/mol. The standard InChI is InChI=1S/C13H18ClFN2/c1-2-3-4-5-17-13(9-16)10-6-11(14)8-12(15)7-10/h2-3,6-8,13,17H,4-5,9,16H2,1H3/b3-2+. The van der Waals surface area contributed by atoms with Gasteiger partial charge in [-0.2, -0.15) is 0 Å². The fraction of sp³-hybridized carbons (Fsp3) is 0.385. The minimum atomic E-state index is -0.332. The molecule has 0 aliphatic carbocycles. The molecule has 0 spiro atoms. The van der Waals surface area contributed by atoms with Crippen molar-refractivity contribution in [1.82, 2.24) is 5.32 Å². The van der Waals surface area contributed by atoms with Crippen molar-refractivity contribution in [3.05, 3.63) is 46.8 Å². The minimum Gasteiger partial charge on any atom is -0.329 e. The Labute approximate surface area is 107 Å². The van der Waals surface area contributed by atoms with Crippen LogP contribution in [0, 0.1) is 5.82 Å². The summed E-state index contributed by atoms with van der Waals surface area (Å²) in [7, 11) is 0. The predicted octanol–water partition coefficient (Wildman–Crippen LogP) is 3.03. The Kier molecular flexibility index (Phi) is 6.19. The molecule has 0 amide bonds.